The molecular formula is C14H15BrN4O2S. The van der Waals surface area contributed by atoms with Crippen molar-refractivity contribution in [3.05, 3.63) is 20.8 Å². The zero-order chi connectivity index (χ0) is 16.5. The molecule has 0 saturated heterocycles. The smallest absolute Gasteiger partial charge is 0.262 e. The summed E-state index contributed by atoms with van der Waals surface area (Å²) in [6.07, 6.45) is 0.380. The molecule has 116 valence electrons. The van der Waals surface area contributed by atoms with Crippen LogP contribution in [0.5, 0.6) is 0 Å². The van der Waals surface area contributed by atoms with Gasteiger partial charge in [-0.2, -0.15) is 10.5 Å². The molecule has 0 aliphatic heterocycles. The topological polar surface area (TPSA) is 97.0 Å². The van der Waals surface area contributed by atoms with E-state index < -0.39 is 6.04 Å². The lowest BCUT2D eigenvalue weighted by Gasteiger charge is -2.24. The van der Waals surface area contributed by atoms with Crippen LogP contribution in [0.1, 0.15) is 29.4 Å². The highest BCUT2D eigenvalue weighted by molar-refractivity contribution is 9.11. The monoisotopic (exact) mass is 382 g/mol. The van der Waals surface area contributed by atoms with Crippen LogP contribution in [0, 0.1) is 22.7 Å². The number of hydrogen-bond acceptors (Lipinski definition) is 5. The van der Waals surface area contributed by atoms with Gasteiger partial charge in [-0.05, 0) is 35.0 Å². The molecule has 1 unspecified atom stereocenters. The Bertz CT molecular complexity index is 599. The predicted octanol–water partition coefficient (Wildman–Crippen LogP) is 2.28. The Hall–Kier alpha value is -1.90. The highest BCUT2D eigenvalue weighted by Gasteiger charge is 2.22. The Labute approximate surface area is 141 Å². The highest BCUT2D eigenvalue weighted by Crippen LogP contribution is 2.21. The van der Waals surface area contributed by atoms with Crippen molar-refractivity contribution in [3.63, 3.8) is 0 Å². The second-order valence-corrected chi connectivity index (χ2v) is 6.90. The number of nitriles is 2. The van der Waals surface area contributed by atoms with E-state index in [1.807, 2.05) is 12.1 Å². The van der Waals surface area contributed by atoms with Gasteiger partial charge in [0.15, 0.2) is 0 Å². The van der Waals surface area contributed by atoms with E-state index >= 15 is 0 Å². The molecule has 1 aromatic heterocycles. The molecule has 1 atom stereocenters. The average Bonchev–Trinajstić information content (AvgIpc) is 2.93. The molecule has 2 amide bonds. The summed E-state index contributed by atoms with van der Waals surface area (Å²) in [4.78, 5) is 26.3. The van der Waals surface area contributed by atoms with Gasteiger partial charge in [-0.25, -0.2) is 0 Å². The number of hydrogen-bond donors (Lipinski definition) is 1. The van der Waals surface area contributed by atoms with Gasteiger partial charge in [0, 0.05) is 13.1 Å². The SMILES string of the molecule is CC(NC(=O)c1ccc(Br)s1)C(=O)N(CCC#N)CCC#N. The van der Waals surface area contributed by atoms with Crippen LogP contribution in [0.15, 0.2) is 15.9 Å². The Kier molecular flexibility index (Phi) is 7.58. The largest absolute Gasteiger partial charge is 0.340 e. The Morgan fingerprint density at radius 1 is 1.32 bits per heavy atom. The van der Waals surface area contributed by atoms with Crippen LogP contribution in [0.25, 0.3) is 0 Å². The fourth-order valence-electron chi connectivity index (χ4n) is 1.74. The van der Waals surface area contributed by atoms with Gasteiger partial charge in [-0.3, -0.25) is 9.59 Å². The maximum Gasteiger partial charge on any atom is 0.262 e. The van der Waals surface area contributed by atoms with Crippen LogP contribution in [-0.2, 0) is 4.79 Å². The van der Waals surface area contributed by atoms with Crippen LogP contribution >= 0.6 is 27.3 Å². The summed E-state index contributed by atoms with van der Waals surface area (Å²) in [5.74, 6) is -0.619. The van der Waals surface area contributed by atoms with E-state index in [0.717, 1.165) is 3.79 Å². The molecule has 0 saturated carbocycles. The van der Waals surface area contributed by atoms with Gasteiger partial charge in [0.1, 0.15) is 6.04 Å². The van der Waals surface area contributed by atoms with Crippen molar-refractivity contribution in [1.29, 1.82) is 10.5 Å². The zero-order valence-corrected chi connectivity index (χ0v) is 14.4. The number of carbonyl (C=O) groups is 2. The Morgan fingerprint density at radius 2 is 1.91 bits per heavy atom. The van der Waals surface area contributed by atoms with Crippen molar-refractivity contribution in [2.24, 2.45) is 0 Å². The molecule has 6 nitrogen and oxygen atoms in total. The first-order valence-corrected chi connectivity index (χ1v) is 8.19. The normalized spacial score (nSPS) is 11.1. The van der Waals surface area contributed by atoms with Crippen LogP contribution in [0.4, 0.5) is 0 Å². The molecule has 0 bridgehead atoms. The first kappa shape index (κ1) is 18.1. The van der Waals surface area contributed by atoms with Crippen LogP contribution in [-0.4, -0.2) is 35.8 Å². The van der Waals surface area contributed by atoms with Gasteiger partial charge in [0.2, 0.25) is 5.91 Å². The number of nitrogens with one attached hydrogen (secondary N) is 1. The molecule has 0 aromatic carbocycles. The van der Waals surface area contributed by atoms with Gasteiger partial charge in [-0.15, -0.1) is 11.3 Å². The molecule has 1 aromatic rings. The molecule has 1 heterocycles. The van der Waals surface area contributed by atoms with E-state index in [0.29, 0.717) is 4.88 Å². The number of amides is 2. The summed E-state index contributed by atoms with van der Waals surface area (Å²) in [7, 11) is 0. The fraction of sp³-hybridized carbons (Fsp3) is 0.429. The number of rotatable bonds is 7. The summed E-state index contributed by atoms with van der Waals surface area (Å²) < 4.78 is 0.835. The van der Waals surface area contributed by atoms with Crippen molar-refractivity contribution < 1.29 is 9.59 Å². The summed E-state index contributed by atoms with van der Waals surface area (Å²) >= 11 is 4.56. The maximum absolute atomic E-state index is 12.3. The summed E-state index contributed by atoms with van der Waals surface area (Å²) in [6, 6.07) is 6.66. The van der Waals surface area contributed by atoms with E-state index in [2.05, 4.69) is 21.2 Å². The van der Waals surface area contributed by atoms with E-state index in [1.165, 1.54) is 16.2 Å². The lowest BCUT2D eigenvalue weighted by atomic mass is 10.2. The molecule has 0 fully saturated rings. The minimum atomic E-state index is -0.717. The third kappa shape index (κ3) is 5.47. The summed E-state index contributed by atoms with van der Waals surface area (Å²) in [6.45, 7) is 2.10. The summed E-state index contributed by atoms with van der Waals surface area (Å²) in [5, 5.41) is 19.9. The maximum atomic E-state index is 12.3. The number of thiophene rings is 1. The van der Waals surface area contributed by atoms with Crippen molar-refractivity contribution >= 4 is 39.1 Å². The summed E-state index contributed by atoms with van der Waals surface area (Å²) in [5.41, 5.74) is 0. The number of halogens is 1. The minimum absolute atomic E-state index is 0.190. The second kappa shape index (κ2) is 9.19. The predicted molar refractivity (Wildman–Crippen MR) is 86.0 cm³/mol. The van der Waals surface area contributed by atoms with Crippen LogP contribution < -0.4 is 5.32 Å². The Morgan fingerprint density at radius 3 is 2.36 bits per heavy atom. The van der Waals surface area contributed by atoms with E-state index in [4.69, 9.17) is 10.5 Å². The van der Waals surface area contributed by atoms with Gasteiger partial charge in [0.05, 0.1) is 33.6 Å². The molecule has 0 spiro atoms. The van der Waals surface area contributed by atoms with Crippen molar-refractivity contribution in [3.8, 4) is 12.1 Å². The van der Waals surface area contributed by atoms with Gasteiger partial charge in [-0.1, -0.05) is 0 Å². The van der Waals surface area contributed by atoms with Crippen molar-refractivity contribution in [2.45, 2.75) is 25.8 Å². The average molecular weight is 383 g/mol. The molecule has 0 radical (unpaired) electrons. The first-order chi connectivity index (χ1) is 10.5. The number of nitrogens with zero attached hydrogens (tertiary/aromatic N) is 3. The lowest BCUT2D eigenvalue weighted by molar-refractivity contribution is -0.132. The van der Waals surface area contributed by atoms with E-state index in [-0.39, 0.29) is 37.7 Å². The molecule has 0 aliphatic rings. The molecular weight excluding hydrogens is 368 g/mol. The molecule has 8 heteroatoms. The van der Waals surface area contributed by atoms with Crippen molar-refractivity contribution in [2.75, 3.05) is 13.1 Å². The zero-order valence-electron chi connectivity index (χ0n) is 12.0. The third-order valence-electron chi connectivity index (χ3n) is 2.81. The molecule has 1 N–H and O–H groups in total. The van der Waals surface area contributed by atoms with E-state index in [1.54, 1.807) is 19.1 Å². The van der Waals surface area contributed by atoms with Gasteiger partial charge < -0.3 is 10.2 Å². The second-order valence-electron chi connectivity index (χ2n) is 4.44. The minimum Gasteiger partial charge on any atom is -0.340 e. The molecule has 0 aliphatic carbocycles. The standard InChI is InChI=1S/C14H15BrN4O2S/c1-10(18-13(20)11-4-5-12(15)22-11)14(21)19(8-2-6-16)9-3-7-17/h4-5,10H,2-3,8-9H2,1H3,(H,18,20). The molecule has 1 rings (SSSR count). The fourth-order valence-corrected chi connectivity index (χ4v) is 3.03. The van der Waals surface area contributed by atoms with Crippen LogP contribution in [0.3, 0.4) is 0 Å². The number of carbonyl (C=O) groups excluding carboxylic acids is 2. The van der Waals surface area contributed by atoms with Gasteiger partial charge >= 0.3 is 0 Å². The third-order valence-corrected chi connectivity index (χ3v) is 4.44. The van der Waals surface area contributed by atoms with Crippen LogP contribution in [0.2, 0.25) is 0 Å². The lowest BCUT2D eigenvalue weighted by Crippen LogP contribution is -2.47. The van der Waals surface area contributed by atoms with E-state index in [9.17, 15) is 9.59 Å². The Balaban J connectivity index is 2.66. The van der Waals surface area contributed by atoms with Gasteiger partial charge in [0.25, 0.3) is 5.91 Å². The highest BCUT2D eigenvalue weighted by atomic mass is 79.9. The quantitative estimate of drug-likeness (QED) is 0.781. The van der Waals surface area contributed by atoms with Crippen molar-refractivity contribution in [1.82, 2.24) is 10.2 Å². The first-order valence-electron chi connectivity index (χ1n) is 6.58. The molecule has 22 heavy (non-hydrogen) atoms.